The Labute approximate surface area is 152 Å². The summed E-state index contributed by atoms with van der Waals surface area (Å²) in [6.07, 6.45) is -1.56. The molecule has 0 aliphatic carbocycles. The molecule has 3 aromatic rings. The maximum atomic E-state index is 12.2. The van der Waals surface area contributed by atoms with Gasteiger partial charge in [0, 0.05) is 23.6 Å². The summed E-state index contributed by atoms with van der Waals surface area (Å²) < 4.78 is 45.8. The van der Waals surface area contributed by atoms with E-state index in [4.69, 9.17) is 4.74 Å². The van der Waals surface area contributed by atoms with Gasteiger partial charge in [-0.05, 0) is 60.7 Å². The Hall–Kier alpha value is -3.55. The highest BCUT2D eigenvalue weighted by Crippen LogP contribution is 2.24. The Balaban J connectivity index is 1.60. The summed E-state index contributed by atoms with van der Waals surface area (Å²) in [5, 5.41) is 2.65. The molecule has 3 rings (SSSR count). The lowest BCUT2D eigenvalue weighted by molar-refractivity contribution is -0.274. The van der Waals surface area contributed by atoms with E-state index in [9.17, 15) is 18.0 Å². The first-order valence-electron chi connectivity index (χ1n) is 7.74. The number of ether oxygens (including phenoxy) is 2. The molecular formula is C19H13F3N2O3. The SMILES string of the molecule is O=C(Nc1ccc(Oc2ccncc2)cc1)c1ccc(OC(F)(F)F)cc1. The molecule has 0 bridgehead atoms. The zero-order chi connectivity index (χ0) is 19.3. The van der Waals surface area contributed by atoms with Crippen LogP contribution in [0, 0.1) is 0 Å². The van der Waals surface area contributed by atoms with Crippen LogP contribution in [0.5, 0.6) is 17.2 Å². The van der Waals surface area contributed by atoms with Gasteiger partial charge in [0.1, 0.15) is 17.2 Å². The number of pyridine rings is 1. The van der Waals surface area contributed by atoms with Gasteiger partial charge in [-0.2, -0.15) is 0 Å². The van der Waals surface area contributed by atoms with Crippen molar-refractivity contribution in [2.45, 2.75) is 6.36 Å². The van der Waals surface area contributed by atoms with Crippen LogP contribution in [0.2, 0.25) is 0 Å². The standard InChI is InChI=1S/C19H13F3N2O3/c20-19(21,22)27-17-5-1-13(2-6-17)18(25)24-14-3-7-15(8-4-14)26-16-9-11-23-12-10-16/h1-12H,(H,24,25). The van der Waals surface area contributed by atoms with Crippen molar-refractivity contribution < 1.29 is 27.4 Å². The summed E-state index contributed by atoms with van der Waals surface area (Å²) in [5.41, 5.74) is 0.708. The van der Waals surface area contributed by atoms with E-state index in [1.54, 1.807) is 48.8 Å². The molecule has 1 N–H and O–H groups in total. The second kappa shape index (κ2) is 7.77. The van der Waals surface area contributed by atoms with Crippen LogP contribution >= 0.6 is 0 Å². The summed E-state index contributed by atoms with van der Waals surface area (Å²) >= 11 is 0. The number of hydrogen-bond donors (Lipinski definition) is 1. The lowest BCUT2D eigenvalue weighted by Crippen LogP contribution is -2.17. The molecule has 0 saturated carbocycles. The molecule has 8 heteroatoms. The fraction of sp³-hybridized carbons (Fsp3) is 0.0526. The van der Waals surface area contributed by atoms with Crippen LogP contribution < -0.4 is 14.8 Å². The monoisotopic (exact) mass is 374 g/mol. The second-order valence-corrected chi connectivity index (χ2v) is 5.34. The maximum absolute atomic E-state index is 12.2. The number of hydrogen-bond acceptors (Lipinski definition) is 4. The van der Waals surface area contributed by atoms with Crippen LogP contribution in [-0.2, 0) is 0 Å². The molecule has 138 valence electrons. The predicted molar refractivity (Wildman–Crippen MR) is 91.8 cm³/mol. The summed E-state index contributed by atoms with van der Waals surface area (Å²) in [4.78, 5) is 16.1. The van der Waals surface area contributed by atoms with Crippen molar-refractivity contribution in [2.75, 3.05) is 5.32 Å². The van der Waals surface area contributed by atoms with Gasteiger partial charge in [-0.15, -0.1) is 13.2 Å². The Morgan fingerprint density at radius 1 is 0.815 bits per heavy atom. The number of halogens is 3. The van der Waals surface area contributed by atoms with Gasteiger partial charge in [0.25, 0.3) is 5.91 Å². The maximum Gasteiger partial charge on any atom is 0.573 e. The molecule has 2 aromatic carbocycles. The van der Waals surface area contributed by atoms with Gasteiger partial charge in [-0.3, -0.25) is 9.78 Å². The third-order valence-corrected chi connectivity index (χ3v) is 3.35. The number of amides is 1. The molecule has 27 heavy (non-hydrogen) atoms. The third kappa shape index (κ3) is 5.46. The summed E-state index contributed by atoms with van der Waals surface area (Å²) in [7, 11) is 0. The number of benzene rings is 2. The Kier molecular flexibility index (Phi) is 5.25. The number of nitrogens with one attached hydrogen (secondary N) is 1. The molecule has 1 amide bonds. The molecule has 1 aromatic heterocycles. The fourth-order valence-corrected chi connectivity index (χ4v) is 2.16. The van der Waals surface area contributed by atoms with Crippen molar-refractivity contribution in [2.24, 2.45) is 0 Å². The average molecular weight is 374 g/mol. The number of nitrogens with zero attached hydrogens (tertiary/aromatic N) is 1. The zero-order valence-electron chi connectivity index (χ0n) is 13.7. The summed E-state index contributed by atoms with van der Waals surface area (Å²) in [5.74, 6) is 0.351. The molecule has 0 unspecified atom stereocenters. The number of alkyl halides is 3. The topological polar surface area (TPSA) is 60.5 Å². The molecule has 1 heterocycles. The van der Waals surface area contributed by atoms with E-state index < -0.39 is 18.0 Å². The normalized spacial score (nSPS) is 10.9. The molecule has 0 radical (unpaired) electrons. The van der Waals surface area contributed by atoms with Crippen molar-refractivity contribution in [3.8, 4) is 17.2 Å². The Bertz CT molecular complexity index is 896. The average Bonchev–Trinajstić information content (AvgIpc) is 2.63. The first-order valence-corrected chi connectivity index (χ1v) is 7.74. The molecule has 0 fully saturated rings. The second-order valence-electron chi connectivity index (χ2n) is 5.34. The number of carbonyl (C=O) groups excluding carboxylic acids is 1. The van der Waals surface area contributed by atoms with Crippen molar-refractivity contribution in [1.29, 1.82) is 0 Å². The number of anilines is 1. The molecule has 0 spiro atoms. The van der Waals surface area contributed by atoms with E-state index in [1.807, 2.05) is 0 Å². The molecule has 0 atom stereocenters. The van der Waals surface area contributed by atoms with Gasteiger partial charge in [0.15, 0.2) is 0 Å². The van der Waals surface area contributed by atoms with E-state index in [1.165, 1.54) is 12.1 Å². The van der Waals surface area contributed by atoms with Gasteiger partial charge in [0.05, 0.1) is 0 Å². The van der Waals surface area contributed by atoms with Crippen molar-refractivity contribution in [3.63, 3.8) is 0 Å². The Morgan fingerprint density at radius 2 is 1.37 bits per heavy atom. The Morgan fingerprint density at radius 3 is 1.96 bits per heavy atom. The van der Waals surface area contributed by atoms with E-state index in [0.29, 0.717) is 17.2 Å². The number of aromatic nitrogens is 1. The van der Waals surface area contributed by atoms with Crippen LogP contribution in [0.25, 0.3) is 0 Å². The van der Waals surface area contributed by atoms with Crippen LogP contribution in [-0.4, -0.2) is 17.3 Å². The van der Waals surface area contributed by atoms with Crippen LogP contribution in [0.3, 0.4) is 0 Å². The fourth-order valence-electron chi connectivity index (χ4n) is 2.16. The molecule has 5 nitrogen and oxygen atoms in total. The van der Waals surface area contributed by atoms with E-state index in [0.717, 1.165) is 12.1 Å². The first kappa shape index (κ1) is 18.2. The summed E-state index contributed by atoms with van der Waals surface area (Å²) in [6.45, 7) is 0. The minimum atomic E-state index is -4.77. The smallest absolute Gasteiger partial charge is 0.457 e. The highest BCUT2D eigenvalue weighted by atomic mass is 19.4. The van der Waals surface area contributed by atoms with Gasteiger partial charge >= 0.3 is 6.36 Å². The van der Waals surface area contributed by atoms with Crippen LogP contribution in [0.15, 0.2) is 73.1 Å². The first-order chi connectivity index (χ1) is 12.9. The van der Waals surface area contributed by atoms with Gasteiger partial charge in [-0.25, -0.2) is 0 Å². The largest absolute Gasteiger partial charge is 0.573 e. The minimum Gasteiger partial charge on any atom is -0.457 e. The van der Waals surface area contributed by atoms with E-state index >= 15 is 0 Å². The molecule has 0 aliphatic rings. The predicted octanol–water partition coefficient (Wildman–Crippen LogP) is 5.02. The molecular weight excluding hydrogens is 361 g/mol. The highest BCUT2D eigenvalue weighted by molar-refractivity contribution is 6.04. The van der Waals surface area contributed by atoms with Crippen molar-refractivity contribution in [3.05, 3.63) is 78.6 Å². The van der Waals surface area contributed by atoms with Crippen molar-refractivity contribution in [1.82, 2.24) is 4.98 Å². The zero-order valence-corrected chi connectivity index (χ0v) is 13.7. The number of rotatable bonds is 5. The van der Waals surface area contributed by atoms with E-state index in [2.05, 4.69) is 15.0 Å². The van der Waals surface area contributed by atoms with Crippen LogP contribution in [0.1, 0.15) is 10.4 Å². The quantitative estimate of drug-likeness (QED) is 0.681. The minimum absolute atomic E-state index is 0.196. The lowest BCUT2D eigenvalue weighted by Gasteiger charge is -2.10. The van der Waals surface area contributed by atoms with Gasteiger partial charge in [-0.1, -0.05) is 0 Å². The number of carbonyl (C=O) groups is 1. The van der Waals surface area contributed by atoms with Crippen molar-refractivity contribution >= 4 is 11.6 Å². The molecule has 0 aliphatic heterocycles. The summed E-state index contributed by atoms with van der Waals surface area (Å²) in [6, 6.07) is 14.7. The lowest BCUT2D eigenvalue weighted by atomic mass is 10.2. The van der Waals surface area contributed by atoms with E-state index in [-0.39, 0.29) is 5.56 Å². The van der Waals surface area contributed by atoms with Gasteiger partial charge < -0.3 is 14.8 Å². The molecule has 0 saturated heterocycles. The highest BCUT2D eigenvalue weighted by Gasteiger charge is 2.31. The van der Waals surface area contributed by atoms with Crippen LogP contribution in [0.4, 0.5) is 18.9 Å². The van der Waals surface area contributed by atoms with Gasteiger partial charge in [0.2, 0.25) is 0 Å². The third-order valence-electron chi connectivity index (χ3n) is 3.35.